The van der Waals surface area contributed by atoms with E-state index in [9.17, 15) is 8.42 Å². The van der Waals surface area contributed by atoms with Gasteiger partial charge in [-0.2, -0.15) is 0 Å². The molecule has 1 aromatic heterocycles. The molecule has 0 fully saturated rings. The largest absolute Gasteiger partial charge is 0.344 e. The molecule has 2 rings (SSSR count). The van der Waals surface area contributed by atoms with Crippen LogP contribution in [0.25, 0.3) is 10.9 Å². The average molecular weight is 308 g/mol. The number of fused-ring (bicyclic) bond motifs is 1. The standard InChI is InChI=1S/C16H24N2O2S/c1-11(2)18-9-14(10-21(19,20)12(3)4)15-7-5-6-13(8-17)16(15)18/h5-7,9,11-12H,8,10,17H2,1-4H3. The van der Waals surface area contributed by atoms with Crippen molar-refractivity contribution in [2.24, 2.45) is 5.73 Å². The average Bonchev–Trinajstić information content (AvgIpc) is 2.77. The van der Waals surface area contributed by atoms with Crippen molar-refractivity contribution in [3.63, 3.8) is 0 Å². The predicted molar refractivity (Wildman–Crippen MR) is 88.0 cm³/mol. The summed E-state index contributed by atoms with van der Waals surface area (Å²) in [6.45, 7) is 8.08. The second-order valence-corrected chi connectivity index (χ2v) is 8.59. The fraction of sp³-hybridized carbons (Fsp3) is 0.500. The number of para-hydroxylation sites is 1. The van der Waals surface area contributed by atoms with Gasteiger partial charge in [-0.25, -0.2) is 8.42 Å². The van der Waals surface area contributed by atoms with Gasteiger partial charge in [0, 0.05) is 24.2 Å². The smallest absolute Gasteiger partial charge is 0.156 e. The maximum Gasteiger partial charge on any atom is 0.156 e. The van der Waals surface area contributed by atoms with E-state index < -0.39 is 9.84 Å². The molecule has 0 saturated heterocycles. The molecule has 0 saturated carbocycles. The molecular formula is C16H24N2O2S. The van der Waals surface area contributed by atoms with Crippen molar-refractivity contribution in [1.82, 2.24) is 4.57 Å². The Morgan fingerprint density at radius 3 is 2.33 bits per heavy atom. The van der Waals surface area contributed by atoms with Gasteiger partial charge in [0.05, 0.1) is 16.5 Å². The molecule has 0 unspecified atom stereocenters. The molecule has 0 bridgehead atoms. The summed E-state index contributed by atoms with van der Waals surface area (Å²) in [4.78, 5) is 0. The molecule has 1 aromatic carbocycles. The van der Waals surface area contributed by atoms with E-state index in [0.717, 1.165) is 22.0 Å². The second kappa shape index (κ2) is 5.81. The normalized spacial score (nSPS) is 12.7. The Labute approximate surface area is 126 Å². The molecule has 0 spiro atoms. The van der Waals surface area contributed by atoms with Gasteiger partial charge in [0.2, 0.25) is 0 Å². The minimum absolute atomic E-state index is 0.0783. The maximum atomic E-state index is 12.2. The lowest BCUT2D eigenvalue weighted by Gasteiger charge is -2.11. The lowest BCUT2D eigenvalue weighted by atomic mass is 10.1. The number of benzene rings is 1. The lowest BCUT2D eigenvalue weighted by Crippen LogP contribution is -2.15. The zero-order valence-corrected chi connectivity index (χ0v) is 13.9. The van der Waals surface area contributed by atoms with Crippen LogP contribution in [0.2, 0.25) is 0 Å². The third-order valence-corrected chi connectivity index (χ3v) is 6.02. The third-order valence-electron chi connectivity index (χ3n) is 3.87. The number of hydrogen-bond acceptors (Lipinski definition) is 3. The van der Waals surface area contributed by atoms with E-state index in [1.165, 1.54) is 0 Å². The van der Waals surface area contributed by atoms with Gasteiger partial charge in [-0.05, 0) is 38.8 Å². The Morgan fingerprint density at radius 2 is 1.81 bits per heavy atom. The molecule has 2 N–H and O–H groups in total. The molecule has 0 amide bonds. The first-order valence-corrected chi connectivity index (χ1v) is 9.02. The van der Waals surface area contributed by atoms with Crippen LogP contribution in [0.15, 0.2) is 24.4 Å². The number of sulfone groups is 1. The summed E-state index contributed by atoms with van der Waals surface area (Å²) >= 11 is 0. The summed E-state index contributed by atoms with van der Waals surface area (Å²) in [5, 5.41) is 0.628. The number of aromatic nitrogens is 1. The predicted octanol–water partition coefficient (Wildman–Crippen LogP) is 3.00. The summed E-state index contributed by atoms with van der Waals surface area (Å²) in [6, 6.07) is 6.19. The van der Waals surface area contributed by atoms with E-state index in [2.05, 4.69) is 18.4 Å². The first-order valence-electron chi connectivity index (χ1n) is 7.31. The van der Waals surface area contributed by atoms with Crippen LogP contribution < -0.4 is 5.73 Å². The van der Waals surface area contributed by atoms with Gasteiger partial charge in [0.1, 0.15) is 0 Å². The Morgan fingerprint density at radius 1 is 1.14 bits per heavy atom. The van der Waals surface area contributed by atoms with Crippen molar-refractivity contribution in [2.75, 3.05) is 0 Å². The molecular weight excluding hydrogens is 284 g/mol. The Bertz CT molecular complexity index is 743. The van der Waals surface area contributed by atoms with Crippen LogP contribution in [0.5, 0.6) is 0 Å². The van der Waals surface area contributed by atoms with E-state index in [4.69, 9.17) is 5.73 Å². The van der Waals surface area contributed by atoms with Gasteiger partial charge in [0.25, 0.3) is 0 Å². The highest BCUT2D eigenvalue weighted by atomic mass is 32.2. The highest BCUT2D eigenvalue weighted by molar-refractivity contribution is 7.91. The summed E-state index contributed by atoms with van der Waals surface area (Å²) in [6.07, 6.45) is 1.97. The summed E-state index contributed by atoms with van der Waals surface area (Å²) in [5.74, 6) is 0.0783. The molecule has 0 aliphatic heterocycles. The molecule has 0 atom stereocenters. The minimum Gasteiger partial charge on any atom is -0.344 e. The van der Waals surface area contributed by atoms with E-state index in [1.54, 1.807) is 13.8 Å². The van der Waals surface area contributed by atoms with Crippen molar-refractivity contribution in [3.05, 3.63) is 35.5 Å². The van der Waals surface area contributed by atoms with Gasteiger partial charge in [0.15, 0.2) is 9.84 Å². The lowest BCUT2D eigenvalue weighted by molar-refractivity contribution is 0.586. The van der Waals surface area contributed by atoms with Crippen molar-refractivity contribution >= 4 is 20.7 Å². The van der Waals surface area contributed by atoms with E-state index in [1.807, 2.05) is 24.4 Å². The van der Waals surface area contributed by atoms with Crippen LogP contribution in [0.1, 0.15) is 44.9 Å². The summed E-state index contributed by atoms with van der Waals surface area (Å²) in [7, 11) is -3.12. The monoisotopic (exact) mass is 308 g/mol. The zero-order chi connectivity index (χ0) is 15.8. The molecule has 21 heavy (non-hydrogen) atoms. The van der Waals surface area contributed by atoms with Crippen molar-refractivity contribution < 1.29 is 8.42 Å². The summed E-state index contributed by atoms with van der Waals surface area (Å²) < 4.78 is 26.6. The van der Waals surface area contributed by atoms with E-state index >= 15 is 0 Å². The van der Waals surface area contributed by atoms with E-state index in [-0.39, 0.29) is 17.0 Å². The van der Waals surface area contributed by atoms with Gasteiger partial charge in [-0.3, -0.25) is 0 Å². The molecule has 0 aliphatic carbocycles. The number of hydrogen-bond donors (Lipinski definition) is 1. The Balaban J connectivity index is 2.66. The second-order valence-electron chi connectivity index (χ2n) is 6.03. The quantitative estimate of drug-likeness (QED) is 0.923. The van der Waals surface area contributed by atoms with Crippen LogP contribution in [0, 0.1) is 0 Å². The number of rotatable bonds is 5. The Kier molecular flexibility index (Phi) is 4.44. The molecule has 2 aromatic rings. The fourth-order valence-corrected chi connectivity index (χ4v) is 3.52. The zero-order valence-electron chi connectivity index (χ0n) is 13.1. The Hall–Kier alpha value is -1.33. The molecule has 4 nitrogen and oxygen atoms in total. The molecule has 5 heteroatoms. The SMILES string of the molecule is CC(C)n1cc(CS(=O)(=O)C(C)C)c2cccc(CN)c21. The fourth-order valence-electron chi connectivity index (χ4n) is 2.53. The number of nitrogens with zero attached hydrogens (tertiary/aromatic N) is 1. The molecule has 0 radical (unpaired) electrons. The van der Waals surface area contributed by atoms with Gasteiger partial charge < -0.3 is 10.3 Å². The van der Waals surface area contributed by atoms with Crippen molar-refractivity contribution in [2.45, 2.75) is 51.3 Å². The number of nitrogens with two attached hydrogens (primary N) is 1. The van der Waals surface area contributed by atoms with Gasteiger partial charge in [-0.15, -0.1) is 0 Å². The highest BCUT2D eigenvalue weighted by Crippen LogP contribution is 2.29. The van der Waals surface area contributed by atoms with E-state index in [0.29, 0.717) is 6.54 Å². The first-order chi connectivity index (χ1) is 9.77. The van der Waals surface area contributed by atoms with Crippen LogP contribution >= 0.6 is 0 Å². The molecule has 0 aliphatic rings. The van der Waals surface area contributed by atoms with Crippen molar-refractivity contribution in [1.29, 1.82) is 0 Å². The topological polar surface area (TPSA) is 65.1 Å². The molecule has 116 valence electrons. The highest BCUT2D eigenvalue weighted by Gasteiger charge is 2.21. The summed E-state index contributed by atoms with van der Waals surface area (Å²) in [5.41, 5.74) is 8.81. The van der Waals surface area contributed by atoms with Crippen LogP contribution in [0.4, 0.5) is 0 Å². The van der Waals surface area contributed by atoms with Gasteiger partial charge >= 0.3 is 0 Å². The third kappa shape index (κ3) is 2.99. The minimum atomic E-state index is -3.12. The molecule has 1 heterocycles. The first kappa shape index (κ1) is 16.0. The van der Waals surface area contributed by atoms with Crippen LogP contribution in [-0.4, -0.2) is 18.2 Å². The van der Waals surface area contributed by atoms with Crippen LogP contribution in [0.3, 0.4) is 0 Å². The van der Waals surface area contributed by atoms with Crippen LogP contribution in [-0.2, 0) is 22.1 Å². The van der Waals surface area contributed by atoms with Gasteiger partial charge in [-0.1, -0.05) is 18.2 Å². The maximum absolute atomic E-state index is 12.2. The van der Waals surface area contributed by atoms with Crippen molar-refractivity contribution in [3.8, 4) is 0 Å².